The lowest BCUT2D eigenvalue weighted by Gasteiger charge is -2.00. The molecule has 0 unspecified atom stereocenters. The average molecular weight is 286 g/mol. The monoisotopic (exact) mass is 286 g/mol. The van der Waals surface area contributed by atoms with Crippen LogP contribution in [-0.2, 0) is 0 Å². The lowest BCUT2D eigenvalue weighted by Crippen LogP contribution is -1.84. The first-order valence-corrected chi connectivity index (χ1v) is 6.17. The highest BCUT2D eigenvalue weighted by molar-refractivity contribution is 5.65. The first-order chi connectivity index (χ1) is 10.0. The Bertz CT molecular complexity index is 814. The molecule has 0 saturated heterocycles. The molecule has 0 aliphatic heterocycles. The van der Waals surface area contributed by atoms with Gasteiger partial charge in [-0.2, -0.15) is 4.98 Å². The van der Waals surface area contributed by atoms with Crippen molar-refractivity contribution in [2.75, 3.05) is 0 Å². The third-order valence-electron chi connectivity index (χ3n) is 3.01. The Labute approximate surface area is 119 Å². The van der Waals surface area contributed by atoms with E-state index in [0.717, 1.165) is 11.6 Å². The van der Waals surface area contributed by atoms with E-state index in [1.807, 2.05) is 6.92 Å². The summed E-state index contributed by atoms with van der Waals surface area (Å²) in [5.41, 5.74) is 1.71. The molecule has 0 aliphatic carbocycles. The van der Waals surface area contributed by atoms with E-state index in [-0.39, 0.29) is 17.5 Å². The summed E-state index contributed by atoms with van der Waals surface area (Å²) in [6.07, 6.45) is 0. The zero-order chi connectivity index (χ0) is 15.0. The minimum absolute atomic E-state index is 0.0210. The smallest absolute Gasteiger partial charge is 0.262 e. The van der Waals surface area contributed by atoms with Crippen molar-refractivity contribution in [3.8, 4) is 34.3 Å². The number of phenols is 2. The number of hydrogen-bond acceptors (Lipinski definition) is 5. The zero-order valence-electron chi connectivity index (χ0n) is 11.0. The van der Waals surface area contributed by atoms with E-state index in [2.05, 4.69) is 10.1 Å². The minimum Gasteiger partial charge on any atom is -0.507 e. The molecule has 5 nitrogen and oxygen atoms in total. The van der Waals surface area contributed by atoms with E-state index >= 15 is 0 Å². The van der Waals surface area contributed by atoms with E-state index in [0.29, 0.717) is 11.1 Å². The predicted octanol–water partition coefficient (Wildman–Crippen LogP) is 3.26. The second-order valence-corrected chi connectivity index (χ2v) is 4.61. The summed E-state index contributed by atoms with van der Waals surface area (Å²) in [6, 6.07) is 8.80. The minimum atomic E-state index is -0.766. The summed E-state index contributed by atoms with van der Waals surface area (Å²) in [6.45, 7) is 1.87. The summed E-state index contributed by atoms with van der Waals surface area (Å²) in [5, 5.41) is 22.8. The van der Waals surface area contributed by atoms with E-state index < -0.39 is 11.6 Å². The van der Waals surface area contributed by atoms with Gasteiger partial charge in [-0.05, 0) is 37.3 Å². The molecule has 0 amide bonds. The summed E-state index contributed by atoms with van der Waals surface area (Å²) in [5.74, 6) is -0.881. The van der Waals surface area contributed by atoms with E-state index in [4.69, 9.17) is 9.63 Å². The molecular formula is C15H11FN2O3. The maximum absolute atomic E-state index is 13.3. The number of nitrogens with zero attached hydrogens (tertiary/aromatic N) is 2. The number of benzene rings is 2. The van der Waals surface area contributed by atoms with Gasteiger partial charge in [-0.3, -0.25) is 0 Å². The molecule has 0 fully saturated rings. The van der Waals surface area contributed by atoms with Crippen molar-refractivity contribution in [1.82, 2.24) is 10.1 Å². The molecule has 0 aliphatic rings. The quantitative estimate of drug-likeness (QED) is 0.756. The zero-order valence-corrected chi connectivity index (χ0v) is 11.0. The molecule has 106 valence electrons. The van der Waals surface area contributed by atoms with Gasteiger partial charge >= 0.3 is 0 Å². The maximum Gasteiger partial charge on any atom is 0.262 e. The molecule has 21 heavy (non-hydrogen) atoms. The Balaban J connectivity index is 2.03. The fourth-order valence-electron chi connectivity index (χ4n) is 1.92. The van der Waals surface area contributed by atoms with Gasteiger partial charge in [-0.15, -0.1) is 0 Å². The van der Waals surface area contributed by atoms with Gasteiger partial charge in [0.05, 0.1) is 5.56 Å². The lowest BCUT2D eigenvalue weighted by molar-refractivity contribution is 0.425. The molecule has 3 aromatic rings. The largest absolute Gasteiger partial charge is 0.507 e. The van der Waals surface area contributed by atoms with Crippen LogP contribution in [-0.4, -0.2) is 20.4 Å². The van der Waals surface area contributed by atoms with Crippen LogP contribution in [0.15, 0.2) is 40.9 Å². The van der Waals surface area contributed by atoms with Crippen LogP contribution in [0.3, 0.4) is 0 Å². The Morgan fingerprint density at radius 1 is 1.05 bits per heavy atom. The van der Waals surface area contributed by atoms with Gasteiger partial charge in [0.25, 0.3) is 5.89 Å². The highest BCUT2D eigenvalue weighted by atomic mass is 19.1. The highest BCUT2D eigenvalue weighted by Gasteiger charge is 2.15. The SMILES string of the molecule is Cc1ccc(O)c(-c2nc(-c3ccc(O)c(F)c3)no2)c1. The highest BCUT2D eigenvalue weighted by Crippen LogP contribution is 2.30. The van der Waals surface area contributed by atoms with Gasteiger partial charge < -0.3 is 14.7 Å². The van der Waals surface area contributed by atoms with Crippen LogP contribution < -0.4 is 0 Å². The Morgan fingerprint density at radius 2 is 1.81 bits per heavy atom. The predicted molar refractivity (Wildman–Crippen MR) is 73.2 cm³/mol. The Morgan fingerprint density at radius 3 is 2.57 bits per heavy atom. The molecular weight excluding hydrogens is 275 g/mol. The third kappa shape index (κ3) is 2.43. The van der Waals surface area contributed by atoms with Crippen molar-refractivity contribution in [3.63, 3.8) is 0 Å². The summed E-state index contributed by atoms with van der Waals surface area (Å²) in [7, 11) is 0. The number of rotatable bonds is 2. The van der Waals surface area contributed by atoms with Crippen molar-refractivity contribution in [3.05, 3.63) is 47.8 Å². The molecule has 2 aromatic carbocycles. The topological polar surface area (TPSA) is 79.4 Å². The number of aromatic nitrogens is 2. The first kappa shape index (κ1) is 13.1. The molecule has 0 radical (unpaired) electrons. The molecule has 2 N–H and O–H groups in total. The molecule has 0 saturated carbocycles. The van der Waals surface area contributed by atoms with Crippen LogP contribution in [0.2, 0.25) is 0 Å². The maximum atomic E-state index is 13.3. The number of aromatic hydroxyl groups is 2. The van der Waals surface area contributed by atoms with Gasteiger partial charge in [0.15, 0.2) is 11.6 Å². The van der Waals surface area contributed by atoms with Gasteiger partial charge in [0.2, 0.25) is 5.82 Å². The molecule has 0 bridgehead atoms. The number of hydrogen-bond donors (Lipinski definition) is 2. The van der Waals surface area contributed by atoms with Gasteiger partial charge in [0.1, 0.15) is 5.75 Å². The Kier molecular flexibility index (Phi) is 3.06. The fraction of sp³-hybridized carbons (Fsp3) is 0.0667. The van der Waals surface area contributed by atoms with E-state index in [1.54, 1.807) is 12.1 Å². The van der Waals surface area contributed by atoms with Crippen LogP contribution in [0.4, 0.5) is 4.39 Å². The van der Waals surface area contributed by atoms with Crippen molar-refractivity contribution in [2.24, 2.45) is 0 Å². The first-order valence-electron chi connectivity index (χ1n) is 6.17. The van der Waals surface area contributed by atoms with Crippen LogP contribution in [0.25, 0.3) is 22.8 Å². The van der Waals surface area contributed by atoms with E-state index in [1.165, 1.54) is 18.2 Å². The molecule has 6 heteroatoms. The van der Waals surface area contributed by atoms with Gasteiger partial charge in [-0.1, -0.05) is 16.8 Å². The van der Waals surface area contributed by atoms with Crippen LogP contribution in [0.1, 0.15) is 5.56 Å². The summed E-state index contributed by atoms with van der Waals surface area (Å²) in [4.78, 5) is 4.14. The summed E-state index contributed by atoms with van der Waals surface area (Å²) < 4.78 is 18.4. The second-order valence-electron chi connectivity index (χ2n) is 4.61. The van der Waals surface area contributed by atoms with Gasteiger partial charge in [-0.25, -0.2) is 4.39 Å². The number of halogens is 1. The van der Waals surface area contributed by atoms with E-state index in [9.17, 15) is 9.50 Å². The number of aryl methyl sites for hydroxylation is 1. The fourth-order valence-corrected chi connectivity index (χ4v) is 1.92. The van der Waals surface area contributed by atoms with Gasteiger partial charge in [0, 0.05) is 5.56 Å². The molecule has 0 atom stereocenters. The van der Waals surface area contributed by atoms with Crippen LogP contribution in [0.5, 0.6) is 11.5 Å². The van der Waals surface area contributed by atoms with Crippen molar-refractivity contribution < 1.29 is 19.1 Å². The normalized spacial score (nSPS) is 10.8. The van der Waals surface area contributed by atoms with Crippen LogP contribution in [0, 0.1) is 12.7 Å². The molecule has 1 heterocycles. The molecule has 1 aromatic heterocycles. The molecule has 0 spiro atoms. The Hall–Kier alpha value is -2.89. The van der Waals surface area contributed by atoms with Crippen LogP contribution >= 0.6 is 0 Å². The van der Waals surface area contributed by atoms with Crippen molar-refractivity contribution in [1.29, 1.82) is 0 Å². The standard InChI is InChI=1S/C15H11FN2O3/c1-8-2-4-12(19)10(6-8)15-17-14(18-21-15)9-3-5-13(20)11(16)7-9/h2-7,19-20H,1H3. The van der Waals surface area contributed by atoms with Crippen molar-refractivity contribution >= 4 is 0 Å². The summed E-state index contributed by atoms with van der Waals surface area (Å²) >= 11 is 0. The molecule has 3 rings (SSSR count). The van der Waals surface area contributed by atoms with Crippen molar-refractivity contribution in [2.45, 2.75) is 6.92 Å². The lowest BCUT2D eigenvalue weighted by atomic mass is 10.1. The third-order valence-corrected chi connectivity index (χ3v) is 3.01. The average Bonchev–Trinajstić information content (AvgIpc) is 2.94. The number of phenolic OH excluding ortho intramolecular Hbond substituents is 2. The second kappa shape index (κ2) is 4.90.